The van der Waals surface area contributed by atoms with Gasteiger partial charge in [0.05, 0.1) is 19.3 Å². The number of fused-ring (bicyclic) bond motifs is 5. The number of rotatable bonds is 7. The van der Waals surface area contributed by atoms with Crippen LogP contribution in [0.3, 0.4) is 0 Å². The lowest BCUT2D eigenvalue weighted by atomic mass is 9.81. The molecule has 0 radical (unpaired) electrons. The SMILES string of the molecule is COc1cc2c3c(c(C(F)(F)F)c4c2c(c1CO)-c1ccccc1-4)C=CC(c1ccccc1)(c1ccc(N(c2ccccc2)c2ccccc2)cc1)O3. The Morgan fingerprint density at radius 2 is 1.21 bits per heavy atom. The van der Waals surface area contributed by atoms with Crippen LogP contribution in [0.5, 0.6) is 11.5 Å². The summed E-state index contributed by atoms with van der Waals surface area (Å²) in [5.41, 5.74) is 4.33. The van der Waals surface area contributed by atoms with Gasteiger partial charge >= 0.3 is 6.18 Å². The number of halogens is 3. The molecular formula is C46H32F3NO3. The molecule has 0 saturated heterocycles. The lowest BCUT2D eigenvalue weighted by molar-refractivity contribution is -0.137. The van der Waals surface area contributed by atoms with Crippen LogP contribution in [-0.2, 0) is 18.4 Å². The number of anilines is 3. The van der Waals surface area contributed by atoms with Crippen molar-refractivity contribution in [1.82, 2.24) is 0 Å². The van der Waals surface area contributed by atoms with Gasteiger partial charge in [-0.1, -0.05) is 103 Å². The van der Waals surface area contributed by atoms with Crippen LogP contribution in [0.15, 0.2) is 152 Å². The Morgan fingerprint density at radius 3 is 1.77 bits per heavy atom. The van der Waals surface area contributed by atoms with E-state index in [1.165, 1.54) is 7.11 Å². The summed E-state index contributed by atoms with van der Waals surface area (Å²) >= 11 is 0. The predicted molar refractivity (Wildman–Crippen MR) is 204 cm³/mol. The molecule has 0 spiro atoms. The van der Waals surface area contributed by atoms with Gasteiger partial charge in [0.15, 0.2) is 5.60 Å². The van der Waals surface area contributed by atoms with Crippen LogP contribution in [0.1, 0.15) is 27.8 Å². The molecule has 7 aromatic carbocycles. The number of methoxy groups -OCH3 is 1. The number of hydrogen-bond acceptors (Lipinski definition) is 4. The molecule has 0 fully saturated rings. The maximum absolute atomic E-state index is 15.5. The lowest BCUT2D eigenvalue weighted by Gasteiger charge is -2.38. The molecule has 1 heterocycles. The third kappa shape index (κ3) is 5.03. The minimum Gasteiger partial charge on any atom is -0.496 e. The summed E-state index contributed by atoms with van der Waals surface area (Å²) in [5.74, 6) is 0.466. The van der Waals surface area contributed by atoms with Crippen LogP contribution in [0, 0.1) is 0 Å². The molecule has 260 valence electrons. The largest absolute Gasteiger partial charge is 0.496 e. The molecule has 1 aliphatic carbocycles. The summed E-state index contributed by atoms with van der Waals surface area (Å²) < 4.78 is 59.3. The van der Waals surface area contributed by atoms with Crippen LogP contribution in [0.25, 0.3) is 39.1 Å². The zero-order valence-electron chi connectivity index (χ0n) is 28.6. The van der Waals surface area contributed by atoms with E-state index in [9.17, 15) is 5.11 Å². The zero-order chi connectivity index (χ0) is 36.3. The van der Waals surface area contributed by atoms with Crippen molar-refractivity contribution in [2.24, 2.45) is 0 Å². The van der Waals surface area contributed by atoms with E-state index < -0.39 is 23.9 Å². The predicted octanol–water partition coefficient (Wildman–Crippen LogP) is 11.8. The molecule has 0 aromatic heterocycles. The summed E-state index contributed by atoms with van der Waals surface area (Å²) in [4.78, 5) is 2.15. The van der Waals surface area contributed by atoms with Crippen molar-refractivity contribution in [3.8, 4) is 33.8 Å². The summed E-state index contributed by atoms with van der Waals surface area (Å²) in [6, 6.07) is 46.3. The molecule has 1 N–H and O–H groups in total. The molecule has 9 rings (SSSR count). The lowest BCUT2D eigenvalue weighted by Crippen LogP contribution is -2.35. The number of aliphatic hydroxyl groups is 1. The molecule has 4 nitrogen and oxygen atoms in total. The van der Waals surface area contributed by atoms with Crippen LogP contribution in [-0.4, -0.2) is 12.2 Å². The van der Waals surface area contributed by atoms with Crippen molar-refractivity contribution < 1.29 is 27.8 Å². The summed E-state index contributed by atoms with van der Waals surface area (Å²) in [6.07, 6.45) is -1.42. The van der Waals surface area contributed by atoms with Gasteiger partial charge in [-0.15, -0.1) is 0 Å². The molecule has 1 unspecified atom stereocenters. The van der Waals surface area contributed by atoms with Gasteiger partial charge in [-0.2, -0.15) is 13.2 Å². The first-order valence-electron chi connectivity index (χ1n) is 17.3. The average molecular weight is 704 g/mol. The van der Waals surface area contributed by atoms with E-state index in [2.05, 4.69) is 4.90 Å². The van der Waals surface area contributed by atoms with Gasteiger partial charge in [0.25, 0.3) is 0 Å². The fourth-order valence-corrected chi connectivity index (χ4v) is 8.06. The molecule has 0 amide bonds. The maximum Gasteiger partial charge on any atom is 0.417 e. The molecule has 0 saturated carbocycles. The van der Waals surface area contributed by atoms with Gasteiger partial charge < -0.3 is 19.5 Å². The molecule has 1 aliphatic heterocycles. The fourth-order valence-electron chi connectivity index (χ4n) is 8.06. The van der Waals surface area contributed by atoms with E-state index in [0.717, 1.165) is 28.2 Å². The monoisotopic (exact) mass is 703 g/mol. The molecule has 7 aromatic rings. The Morgan fingerprint density at radius 1 is 0.679 bits per heavy atom. The smallest absolute Gasteiger partial charge is 0.417 e. The highest BCUT2D eigenvalue weighted by Crippen LogP contribution is 2.60. The Hall–Kier alpha value is -6.31. The molecule has 53 heavy (non-hydrogen) atoms. The number of ether oxygens (including phenoxy) is 2. The van der Waals surface area contributed by atoms with Crippen LogP contribution in [0.4, 0.5) is 30.2 Å². The van der Waals surface area contributed by atoms with Gasteiger partial charge in [0.1, 0.15) is 11.5 Å². The average Bonchev–Trinajstić information content (AvgIpc) is 3.53. The molecule has 2 aliphatic rings. The molecule has 0 bridgehead atoms. The number of alkyl halides is 3. The van der Waals surface area contributed by atoms with Crippen molar-refractivity contribution in [3.05, 3.63) is 179 Å². The third-order valence-electron chi connectivity index (χ3n) is 10.3. The van der Waals surface area contributed by atoms with Crippen LogP contribution < -0.4 is 14.4 Å². The first kappa shape index (κ1) is 32.6. The van der Waals surface area contributed by atoms with Gasteiger partial charge in [-0.25, -0.2) is 0 Å². The van der Waals surface area contributed by atoms with E-state index >= 15 is 13.2 Å². The van der Waals surface area contributed by atoms with Gasteiger partial charge in [-0.3, -0.25) is 0 Å². The highest BCUT2D eigenvalue weighted by Gasteiger charge is 2.46. The highest BCUT2D eigenvalue weighted by molar-refractivity contribution is 6.20. The van der Waals surface area contributed by atoms with E-state index in [1.54, 1.807) is 42.5 Å². The number of hydrogen-bond donors (Lipinski definition) is 1. The minimum atomic E-state index is -4.72. The van der Waals surface area contributed by atoms with Crippen molar-refractivity contribution in [2.45, 2.75) is 18.4 Å². The Balaban J connectivity index is 1.29. The second-order valence-electron chi connectivity index (χ2n) is 13.1. The second-order valence-corrected chi connectivity index (χ2v) is 13.1. The van der Waals surface area contributed by atoms with Gasteiger partial charge in [-0.05, 0) is 65.7 Å². The van der Waals surface area contributed by atoms with Gasteiger partial charge in [0, 0.05) is 61.2 Å². The third-order valence-corrected chi connectivity index (χ3v) is 10.3. The summed E-state index contributed by atoms with van der Waals surface area (Å²) in [6.45, 7) is -0.412. The normalized spacial score (nSPS) is 15.5. The van der Waals surface area contributed by atoms with Crippen LogP contribution in [0.2, 0.25) is 0 Å². The fraction of sp³-hybridized carbons (Fsp3) is 0.0870. The minimum absolute atomic E-state index is 0.0519. The highest BCUT2D eigenvalue weighted by atomic mass is 19.4. The quantitative estimate of drug-likeness (QED) is 0.179. The van der Waals surface area contributed by atoms with Crippen molar-refractivity contribution >= 4 is 33.9 Å². The second kappa shape index (κ2) is 12.4. The van der Waals surface area contributed by atoms with Crippen molar-refractivity contribution in [3.63, 3.8) is 0 Å². The van der Waals surface area contributed by atoms with Gasteiger partial charge in [0.2, 0.25) is 0 Å². The molecule has 1 atom stereocenters. The van der Waals surface area contributed by atoms with E-state index in [0.29, 0.717) is 38.8 Å². The topological polar surface area (TPSA) is 41.9 Å². The maximum atomic E-state index is 15.5. The van der Waals surface area contributed by atoms with Crippen molar-refractivity contribution in [1.29, 1.82) is 0 Å². The first-order chi connectivity index (χ1) is 25.8. The Bertz CT molecular complexity index is 2490. The molecule has 7 heteroatoms. The standard InChI is InChI=1S/C46H32F3NO3/c1-52-39-27-37-41-40(38(39)28-51)34-19-11-12-20-35(34)42(41)43(46(47,48)49)36-25-26-45(53-44(36)37,29-13-5-2-6-14-29)30-21-23-33(24-22-30)50(31-15-7-3-8-16-31)32-17-9-4-10-18-32/h2-27,51H,28H2,1H3. The van der Waals surface area contributed by atoms with E-state index in [-0.39, 0.29) is 16.9 Å². The van der Waals surface area contributed by atoms with Crippen molar-refractivity contribution in [2.75, 3.05) is 12.0 Å². The summed E-state index contributed by atoms with van der Waals surface area (Å²) in [5, 5.41) is 11.4. The number of nitrogens with zero attached hydrogens (tertiary/aromatic N) is 1. The number of benzene rings is 7. The number of para-hydroxylation sites is 2. The van der Waals surface area contributed by atoms with Crippen LogP contribution >= 0.6 is 0 Å². The molecular weight excluding hydrogens is 672 g/mol. The zero-order valence-corrected chi connectivity index (χ0v) is 28.6. The van der Waals surface area contributed by atoms with E-state index in [4.69, 9.17) is 9.47 Å². The Labute approximate surface area is 304 Å². The first-order valence-corrected chi connectivity index (χ1v) is 17.3. The Kier molecular flexibility index (Phi) is 7.64. The summed E-state index contributed by atoms with van der Waals surface area (Å²) in [7, 11) is 1.50. The number of aliphatic hydroxyl groups excluding tert-OH is 1. The van der Waals surface area contributed by atoms with E-state index in [1.807, 2.05) is 115 Å².